The predicted octanol–water partition coefficient (Wildman–Crippen LogP) is 4.63. The number of nitrogens with one attached hydrogen (secondary N) is 1. The van der Waals surface area contributed by atoms with Crippen molar-refractivity contribution in [3.05, 3.63) is 72.4 Å². The van der Waals surface area contributed by atoms with E-state index in [2.05, 4.69) is 27.3 Å². The van der Waals surface area contributed by atoms with E-state index < -0.39 is 10.0 Å². The van der Waals surface area contributed by atoms with E-state index in [0.717, 1.165) is 23.1 Å². The Labute approximate surface area is 201 Å². The van der Waals surface area contributed by atoms with Crippen molar-refractivity contribution in [1.29, 1.82) is 0 Å². The topological polar surface area (TPSA) is 82.6 Å². The number of hydrogen-bond acceptors (Lipinski definition) is 5. The van der Waals surface area contributed by atoms with Crippen molar-refractivity contribution < 1.29 is 13.2 Å². The lowest BCUT2D eigenvalue weighted by atomic mass is 10.1. The normalized spacial score (nSPS) is 14.6. The van der Waals surface area contributed by atoms with E-state index in [1.54, 1.807) is 36.5 Å². The van der Waals surface area contributed by atoms with Gasteiger partial charge in [0, 0.05) is 55.9 Å². The van der Waals surface area contributed by atoms with E-state index >= 15 is 0 Å². The minimum Gasteiger partial charge on any atom is -0.372 e. The molecule has 0 atom stereocenters. The summed E-state index contributed by atoms with van der Waals surface area (Å²) in [6.45, 7) is 2.15. The van der Waals surface area contributed by atoms with Gasteiger partial charge in [-0.3, -0.25) is 9.78 Å². The van der Waals surface area contributed by atoms with E-state index in [9.17, 15) is 13.2 Å². The maximum absolute atomic E-state index is 12.8. The van der Waals surface area contributed by atoms with E-state index in [4.69, 9.17) is 0 Å². The van der Waals surface area contributed by atoms with Gasteiger partial charge >= 0.3 is 0 Å². The summed E-state index contributed by atoms with van der Waals surface area (Å²) in [5, 5.41) is 2.93. The molecule has 0 radical (unpaired) electrons. The van der Waals surface area contributed by atoms with Crippen molar-refractivity contribution in [2.24, 2.45) is 0 Å². The third-order valence-corrected chi connectivity index (χ3v) is 7.89. The van der Waals surface area contributed by atoms with Gasteiger partial charge in [-0.15, -0.1) is 0 Å². The van der Waals surface area contributed by atoms with Gasteiger partial charge in [-0.25, -0.2) is 12.7 Å². The highest BCUT2D eigenvalue weighted by Gasteiger charge is 2.22. The van der Waals surface area contributed by atoms with E-state index in [1.807, 2.05) is 12.1 Å². The van der Waals surface area contributed by atoms with Crippen molar-refractivity contribution in [2.45, 2.75) is 30.6 Å². The smallest absolute Gasteiger partial charge is 0.255 e. The maximum atomic E-state index is 12.8. The van der Waals surface area contributed by atoms with Crippen molar-refractivity contribution in [1.82, 2.24) is 9.29 Å². The Kier molecular flexibility index (Phi) is 7.29. The molecule has 0 unspecified atom stereocenters. The molecule has 0 saturated carbocycles. The Morgan fingerprint density at radius 2 is 1.56 bits per heavy atom. The molecule has 1 saturated heterocycles. The number of carbonyl (C=O) groups is 1. The number of rotatable bonds is 6. The molecule has 34 heavy (non-hydrogen) atoms. The molecule has 1 aromatic heterocycles. The highest BCUT2D eigenvalue weighted by atomic mass is 32.2. The second-order valence-electron chi connectivity index (χ2n) is 8.62. The Hall–Kier alpha value is -3.23. The van der Waals surface area contributed by atoms with Crippen LogP contribution in [0.4, 0.5) is 11.4 Å². The summed E-state index contributed by atoms with van der Waals surface area (Å²) in [4.78, 5) is 19.6. The molecular weight excluding hydrogens is 448 g/mol. The Morgan fingerprint density at radius 3 is 2.18 bits per heavy atom. The standard InChI is InChI=1S/C26H30N4O3S/c1-29(2)34(32,33)24-8-7-17-27-25(24)20-9-11-21(12-10-20)26(31)28-22-13-15-23(16-14-22)30-18-5-3-4-6-19-30/h7-17H,3-6,18-19H2,1-2H3,(H,28,31). The van der Waals surface area contributed by atoms with Crippen LogP contribution in [0.25, 0.3) is 11.3 Å². The predicted molar refractivity (Wildman–Crippen MR) is 136 cm³/mol. The van der Waals surface area contributed by atoms with Gasteiger partial charge in [0.2, 0.25) is 10.0 Å². The molecule has 1 fully saturated rings. The molecular formula is C26H30N4O3S. The summed E-state index contributed by atoms with van der Waals surface area (Å²) < 4.78 is 26.5. The van der Waals surface area contributed by atoms with Crippen LogP contribution in [0.3, 0.4) is 0 Å². The van der Waals surface area contributed by atoms with Crippen LogP contribution in [0.2, 0.25) is 0 Å². The van der Waals surface area contributed by atoms with Crippen LogP contribution in [-0.4, -0.2) is 50.8 Å². The molecule has 0 aliphatic carbocycles. The third kappa shape index (κ3) is 5.29. The first-order valence-electron chi connectivity index (χ1n) is 11.5. The third-order valence-electron chi connectivity index (χ3n) is 6.05. The first-order chi connectivity index (χ1) is 16.4. The van der Waals surface area contributed by atoms with Gasteiger partial charge in [0.05, 0.1) is 5.69 Å². The number of hydrogen-bond donors (Lipinski definition) is 1. The van der Waals surface area contributed by atoms with Gasteiger partial charge in [-0.1, -0.05) is 25.0 Å². The molecule has 0 spiro atoms. The fraction of sp³-hybridized carbons (Fsp3) is 0.308. The van der Waals surface area contributed by atoms with Gasteiger partial charge in [0.25, 0.3) is 5.91 Å². The van der Waals surface area contributed by atoms with Crippen LogP contribution < -0.4 is 10.2 Å². The van der Waals surface area contributed by atoms with Gasteiger partial charge in [-0.2, -0.15) is 0 Å². The van der Waals surface area contributed by atoms with Crippen molar-refractivity contribution >= 4 is 27.3 Å². The molecule has 2 heterocycles. The van der Waals surface area contributed by atoms with Crippen molar-refractivity contribution in [3.8, 4) is 11.3 Å². The van der Waals surface area contributed by atoms with Crippen LogP contribution >= 0.6 is 0 Å². The SMILES string of the molecule is CN(C)S(=O)(=O)c1cccnc1-c1ccc(C(=O)Nc2ccc(N3CCCCCC3)cc2)cc1. The molecule has 1 aliphatic heterocycles. The highest BCUT2D eigenvalue weighted by Crippen LogP contribution is 2.27. The van der Waals surface area contributed by atoms with Gasteiger partial charge < -0.3 is 10.2 Å². The summed E-state index contributed by atoms with van der Waals surface area (Å²) >= 11 is 0. The first kappa shape index (κ1) is 23.9. The number of benzene rings is 2. The van der Waals surface area contributed by atoms with E-state index in [0.29, 0.717) is 16.8 Å². The highest BCUT2D eigenvalue weighted by molar-refractivity contribution is 7.89. The molecule has 0 bridgehead atoms. The zero-order chi connectivity index (χ0) is 24.1. The summed E-state index contributed by atoms with van der Waals surface area (Å²) in [6.07, 6.45) is 6.57. The Bertz CT molecular complexity index is 1230. The maximum Gasteiger partial charge on any atom is 0.255 e. The number of anilines is 2. The largest absolute Gasteiger partial charge is 0.372 e. The summed E-state index contributed by atoms with van der Waals surface area (Å²) in [5.74, 6) is -0.226. The number of sulfonamides is 1. The van der Waals surface area contributed by atoms with Crippen LogP contribution in [0.5, 0.6) is 0 Å². The monoisotopic (exact) mass is 478 g/mol. The fourth-order valence-corrected chi connectivity index (χ4v) is 5.14. The fourth-order valence-electron chi connectivity index (χ4n) is 4.08. The Morgan fingerprint density at radius 1 is 0.912 bits per heavy atom. The molecule has 1 amide bonds. The minimum absolute atomic E-state index is 0.127. The number of pyridine rings is 1. The number of nitrogens with zero attached hydrogens (tertiary/aromatic N) is 3. The quantitative estimate of drug-likeness (QED) is 0.559. The molecule has 178 valence electrons. The summed E-state index contributed by atoms with van der Waals surface area (Å²) in [5.41, 5.74) is 3.37. The lowest BCUT2D eigenvalue weighted by molar-refractivity contribution is 0.102. The molecule has 3 aromatic rings. The lowest BCUT2D eigenvalue weighted by Gasteiger charge is -2.22. The summed E-state index contributed by atoms with van der Waals surface area (Å²) in [6, 6.07) is 17.9. The van der Waals surface area contributed by atoms with Gasteiger partial charge in [-0.05, 0) is 61.4 Å². The molecule has 2 aromatic carbocycles. The van der Waals surface area contributed by atoms with E-state index in [-0.39, 0.29) is 10.8 Å². The second-order valence-corrected chi connectivity index (χ2v) is 10.7. The number of carbonyl (C=O) groups excluding carboxylic acids is 1. The van der Waals surface area contributed by atoms with Crippen LogP contribution in [0, 0.1) is 0 Å². The van der Waals surface area contributed by atoms with Crippen molar-refractivity contribution in [2.75, 3.05) is 37.4 Å². The average molecular weight is 479 g/mol. The van der Waals surface area contributed by atoms with E-state index in [1.165, 1.54) is 51.5 Å². The zero-order valence-corrected chi connectivity index (χ0v) is 20.4. The van der Waals surface area contributed by atoms with Gasteiger partial charge in [0.1, 0.15) is 4.90 Å². The van der Waals surface area contributed by atoms with Crippen LogP contribution in [-0.2, 0) is 10.0 Å². The minimum atomic E-state index is -3.65. The zero-order valence-electron chi connectivity index (χ0n) is 19.6. The molecule has 4 rings (SSSR count). The van der Waals surface area contributed by atoms with Gasteiger partial charge in [0.15, 0.2) is 0 Å². The average Bonchev–Trinajstić information content (AvgIpc) is 3.14. The number of aromatic nitrogens is 1. The second kappa shape index (κ2) is 10.4. The first-order valence-corrected chi connectivity index (χ1v) is 12.9. The lowest BCUT2D eigenvalue weighted by Crippen LogP contribution is -2.23. The molecule has 1 N–H and O–H groups in total. The molecule has 8 heteroatoms. The van der Waals surface area contributed by atoms with Crippen molar-refractivity contribution in [3.63, 3.8) is 0 Å². The molecule has 7 nitrogen and oxygen atoms in total. The number of amides is 1. The van der Waals surface area contributed by atoms with Crippen LogP contribution in [0.15, 0.2) is 71.8 Å². The summed E-state index contributed by atoms with van der Waals surface area (Å²) in [7, 11) is -0.676. The Balaban J connectivity index is 1.47. The van der Waals surface area contributed by atoms with Crippen LogP contribution in [0.1, 0.15) is 36.0 Å². The molecule has 1 aliphatic rings.